The maximum Gasteiger partial charge on any atom is -0.0358 e. The van der Waals surface area contributed by atoms with Crippen LogP contribution in [-0.4, -0.2) is 0 Å². The maximum absolute atomic E-state index is 2.57. The molecule has 1 rings (SSSR count). The Labute approximate surface area is 186 Å². The van der Waals surface area contributed by atoms with E-state index in [1.54, 1.807) is 0 Å². The van der Waals surface area contributed by atoms with Gasteiger partial charge in [-0.25, -0.2) is 0 Å². The van der Waals surface area contributed by atoms with Crippen LogP contribution >= 0.6 is 0 Å². The molecule has 1 saturated carbocycles. The summed E-state index contributed by atoms with van der Waals surface area (Å²) >= 11 is 0. The smallest absolute Gasteiger partial charge is 0.0358 e. The predicted octanol–water partition coefficient (Wildman–Crippen LogP) is 10.7. The zero-order valence-corrected chi connectivity index (χ0v) is 21.2. The highest BCUT2D eigenvalue weighted by molar-refractivity contribution is 4.81. The Morgan fingerprint density at radius 3 is 1.41 bits per heavy atom. The van der Waals surface area contributed by atoms with Gasteiger partial charge in [-0.1, -0.05) is 156 Å². The Morgan fingerprint density at radius 2 is 0.966 bits per heavy atom. The van der Waals surface area contributed by atoms with E-state index >= 15 is 0 Å². The van der Waals surface area contributed by atoms with Gasteiger partial charge < -0.3 is 0 Å². The Hall–Kier alpha value is 0. The lowest BCUT2D eigenvalue weighted by Crippen LogP contribution is -2.28. The van der Waals surface area contributed by atoms with E-state index in [2.05, 4.69) is 27.7 Å². The summed E-state index contributed by atoms with van der Waals surface area (Å²) in [6, 6.07) is 0. The lowest BCUT2D eigenvalue weighted by atomic mass is 9.67. The van der Waals surface area contributed by atoms with E-state index in [0.29, 0.717) is 0 Å². The molecule has 0 aromatic carbocycles. The summed E-state index contributed by atoms with van der Waals surface area (Å²) in [5.74, 6) is 4.04. The molecule has 0 N–H and O–H groups in total. The van der Waals surface area contributed by atoms with Crippen molar-refractivity contribution in [3.63, 3.8) is 0 Å². The molecular formula is C29H58. The fourth-order valence-electron chi connectivity index (χ4n) is 5.89. The molecule has 1 aliphatic carbocycles. The molecule has 0 aromatic rings. The lowest BCUT2D eigenvalue weighted by molar-refractivity contribution is 0.122. The third-order valence-corrected chi connectivity index (χ3v) is 7.98. The van der Waals surface area contributed by atoms with Crippen molar-refractivity contribution in [1.29, 1.82) is 0 Å². The van der Waals surface area contributed by atoms with Gasteiger partial charge in [-0.05, 0) is 30.1 Å². The molecule has 3 atom stereocenters. The van der Waals surface area contributed by atoms with Crippen LogP contribution in [0, 0.1) is 23.7 Å². The van der Waals surface area contributed by atoms with Crippen LogP contribution in [0.2, 0.25) is 0 Å². The van der Waals surface area contributed by atoms with Crippen LogP contribution in [0.3, 0.4) is 0 Å². The van der Waals surface area contributed by atoms with Crippen LogP contribution in [0.1, 0.15) is 163 Å². The second kappa shape index (κ2) is 18.7. The van der Waals surface area contributed by atoms with Crippen molar-refractivity contribution in [2.24, 2.45) is 23.7 Å². The monoisotopic (exact) mass is 406 g/mol. The fourth-order valence-corrected chi connectivity index (χ4v) is 5.89. The van der Waals surface area contributed by atoms with Gasteiger partial charge in [-0.2, -0.15) is 0 Å². The lowest BCUT2D eigenvalue weighted by Gasteiger charge is -2.38. The average molecular weight is 407 g/mol. The summed E-state index contributed by atoms with van der Waals surface area (Å²) in [6.45, 7) is 9.73. The number of rotatable bonds is 19. The van der Waals surface area contributed by atoms with Gasteiger partial charge in [-0.15, -0.1) is 0 Å². The van der Waals surface area contributed by atoms with Crippen LogP contribution in [0.15, 0.2) is 0 Å². The van der Waals surface area contributed by atoms with Crippen molar-refractivity contribution in [3.8, 4) is 0 Å². The van der Waals surface area contributed by atoms with Crippen molar-refractivity contribution < 1.29 is 0 Å². The number of hydrogen-bond acceptors (Lipinski definition) is 0. The van der Waals surface area contributed by atoms with Crippen molar-refractivity contribution in [2.45, 2.75) is 163 Å². The van der Waals surface area contributed by atoms with E-state index in [4.69, 9.17) is 0 Å². The standard InChI is InChI=1S/C29H58/c1-5-7-9-11-13-15-17-19-21-28(29-25-26(3)23-24-27(29)4)22-20-18-16-14-12-10-8-6-2/h26-29H,5-25H2,1-4H3/t26-,27-,29+/m0/s1. The van der Waals surface area contributed by atoms with Crippen LogP contribution < -0.4 is 0 Å². The summed E-state index contributed by atoms with van der Waals surface area (Å²) in [7, 11) is 0. The number of unbranched alkanes of at least 4 members (excludes halogenated alkanes) is 14. The molecule has 0 heterocycles. The zero-order chi connectivity index (χ0) is 21.2. The highest BCUT2D eigenvalue weighted by Crippen LogP contribution is 2.41. The highest BCUT2D eigenvalue weighted by atomic mass is 14.4. The van der Waals surface area contributed by atoms with E-state index < -0.39 is 0 Å². The second-order valence-electron chi connectivity index (χ2n) is 10.8. The average Bonchev–Trinajstić information content (AvgIpc) is 2.72. The summed E-state index contributed by atoms with van der Waals surface area (Å²) in [6.07, 6.45) is 31.1. The van der Waals surface area contributed by atoms with E-state index in [0.717, 1.165) is 23.7 Å². The molecule has 1 fully saturated rings. The van der Waals surface area contributed by atoms with Gasteiger partial charge in [0, 0.05) is 0 Å². The first-order valence-electron chi connectivity index (χ1n) is 14.2. The molecule has 1 aliphatic rings. The minimum Gasteiger partial charge on any atom is -0.0654 e. The molecule has 0 bridgehead atoms. The molecule has 0 heteroatoms. The van der Waals surface area contributed by atoms with Crippen molar-refractivity contribution >= 4 is 0 Å². The molecule has 174 valence electrons. The molecule has 29 heavy (non-hydrogen) atoms. The summed E-state index contributed by atoms with van der Waals surface area (Å²) in [5, 5.41) is 0. The van der Waals surface area contributed by atoms with Crippen LogP contribution in [0.5, 0.6) is 0 Å². The van der Waals surface area contributed by atoms with E-state index in [9.17, 15) is 0 Å². The highest BCUT2D eigenvalue weighted by Gasteiger charge is 2.31. The first kappa shape index (κ1) is 27.0. The van der Waals surface area contributed by atoms with Gasteiger partial charge in [0.2, 0.25) is 0 Å². The predicted molar refractivity (Wildman–Crippen MR) is 134 cm³/mol. The van der Waals surface area contributed by atoms with Crippen molar-refractivity contribution in [3.05, 3.63) is 0 Å². The molecule has 0 aliphatic heterocycles. The summed E-state index contributed by atoms with van der Waals surface area (Å²) in [4.78, 5) is 0. The topological polar surface area (TPSA) is 0 Å². The molecule has 0 aromatic heterocycles. The van der Waals surface area contributed by atoms with Crippen molar-refractivity contribution in [1.82, 2.24) is 0 Å². The second-order valence-corrected chi connectivity index (χ2v) is 10.8. The van der Waals surface area contributed by atoms with Gasteiger partial charge in [0.15, 0.2) is 0 Å². The largest absolute Gasteiger partial charge is 0.0654 e. The minimum atomic E-state index is 0.982. The minimum absolute atomic E-state index is 0.982. The number of hydrogen-bond donors (Lipinski definition) is 0. The third-order valence-electron chi connectivity index (χ3n) is 7.98. The summed E-state index contributed by atoms with van der Waals surface area (Å²) in [5.41, 5.74) is 0. The quantitative estimate of drug-likeness (QED) is 0.187. The van der Waals surface area contributed by atoms with Gasteiger partial charge in [0.05, 0.1) is 0 Å². The first-order chi connectivity index (χ1) is 14.2. The molecule has 0 saturated heterocycles. The zero-order valence-electron chi connectivity index (χ0n) is 21.2. The fraction of sp³-hybridized carbons (Fsp3) is 1.00. The Balaban J connectivity index is 2.26. The van der Waals surface area contributed by atoms with Gasteiger partial charge in [0.25, 0.3) is 0 Å². The maximum atomic E-state index is 2.57. The van der Waals surface area contributed by atoms with Crippen LogP contribution in [0.4, 0.5) is 0 Å². The van der Waals surface area contributed by atoms with Gasteiger partial charge in [0.1, 0.15) is 0 Å². The van der Waals surface area contributed by atoms with E-state index in [-0.39, 0.29) is 0 Å². The SMILES string of the molecule is CCCCCCCCCCC(CCCCCCCCCC)[C@@H]1C[C@@H](C)CC[C@@H]1C. The molecule has 0 unspecified atom stereocenters. The normalized spacial score (nSPS) is 22.4. The van der Waals surface area contributed by atoms with E-state index in [1.807, 2.05) is 0 Å². The van der Waals surface area contributed by atoms with E-state index in [1.165, 1.54) is 135 Å². The van der Waals surface area contributed by atoms with Crippen LogP contribution in [0.25, 0.3) is 0 Å². The third kappa shape index (κ3) is 13.8. The molecular weight excluding hydrogens is 348 g/mol. The van der Waals surface area contributed by atoms with Crippen molar-refractivity contribution in [2.75, 3.05) is 0 Å². The first-order valence-corrected chi connectivity index (χ1v) is 14.2. The van der Waals surface area contributed by atoms with Gasteiger partial charge in [-0.3, -0.25) is 0 Å². The Bertz CT molecular complexity index is 313. The van der Waals surface area contributed by atoms with Gasteiger partial charge >= 0.3 is 0 Å². The van der Waals surface area contributed by atoms with Crippen LogP contribution in [-0.2, 0) is 0 Å². The molecule has 0 spiro atoms. The Morgan fingerprint density at radius 1 is 0.552 bits per heavy atom. The Kier molecular flexibility index (Phi) is 17.5. The molecule has 0 amide bonds. The molecule has 0 nitrogen and oxygen atoms in total. The summed E-state index contributed by atoms with van der Waals surface area (Å²) < 4.78 is 0. The molecule has 0 radical (unpaired) electrons.